The van der Waals surface area contributed by atoms with Gasteiger partial charge in [0.15, 0.2) is 11.5 Å². The summed E-state index contributed by atoms with van der Waals surface area (Å²) in [7, 11) is 0. The molecule has 2 aliphatic heterocycles. The van der Waals surface area contributed by atoms with Crippen molar-refractivity contribution in [2.45, 2.75) is 25.8 Å². The van der Waals surface area contributed by atoms with Crippen LogP contribution in [0.3, 0.4) is 0 Å². The zero-order valence-corrected chi connectivity index (χ0v) is 14.2. The molecule has 1 aromatic carbocycles. The predicted octanol–water partition coefficient (Wildman–Crippen LogP) is 2.17. The maximum absolute atomic E-state index is 12.1. The lowest BCUT2D eigenvalue weighted by Gasteiger charge is -2.31. The van der Waals surface area contributed by atoms with Crippen molar-refractivity contribution in [1.82, 2.24) is 10.2 Å². The molecule has 0 atom stereocenters. The van der Waals surface area contributed by atoms with Crippen LogP contribution in [0.4, 0.5) is 4.79 Å². The topological polar surface area (TPSA) is 77.1 Å². The van der Waals surface area contributed by atoms with E-state index in [9.17, 15) is 9.59 Å². The lowest BCUT2D eigenvalue weighted by atomic mass is 10.1. The van der Waals surface area contributed by atoms with Gasteiger partial charge in [0.1, 0.15) is 0 Å². The van der Waals surface area contributed by atoms with Gasteiger partial charge in [0.2, 0.25) is 12.7 Å². The smallest absolute Gasteiger partial charge is 0.409 e. The fraction of sp³-hybridized carbons (Fsp3) is 0.444. The average Bonchev–Trinajstić information content (AvgIpc) is 3.08. The van der Waals surface area contributed by atoms with E-state index in [-0.39, 0.29) is 24.8 Å². The van der Waals surface area contributed by atoms with Crippen LogP contribution in [-0.2, 0) is 9.53 Å². The van der Waals surface area contributed by atoms with Gasteiger partial charge in [0, 0.05) is 25.2 Å². The van der Waals surface area contributed by atoms with E-state index in [1.807, 2.05) is 18.2 Å². The molecule has 0 spiro atoms. The number of nitrogens with one attached hydrogen (secondary N) is 1. The first-order valence-electron chi connectivity index (χ1n) is 8.45. The molecule has 1 aromatic rings. The van der Waals surface area contributed by atoms with Gasteiger partial charge >= 0.3 is 6.09 Å². The molecule has 1 N–H and O–H groups in total. The summed E-state index contributed by atoms with van der Waals surface area (Å²) in [6, 6.07) is 5.60. The highest BCUT2D eigenvalue weighted by atomic mass is 16.7. The number of nitrogens with zero attached hydrogens (tertiary/aromatic N) is 1. The molecule has 2 amide bonds. The van der Waals surface area contributed by atoms with Gasteiger partial charge in [0.25, 0.3) is 0 Å². The van der Waals surface area contributed by atoms with Crippen LogP contribution < -0.4 is 14.8 Å². The Bertz CT molecular complexity index is 665. The van der Waals surface area contributed by atoms with E-state index in [0.29, 0.717) is 25.4 Å². The third kappa shape index (κ3) is 4.43. The summed E-state index contributed by atoms with van der Waals surface area (Å²) in [4.78, 5) is 25.4. The number of benzene rings is 1. The number of amides is 2. The summed E-state index contributed by atoms with van der Waals surface area (Å²) >= 11 is 0. The quantitative estimate of drug-likeness (QED) is 0.846. The Morgan fingerprint density at radius 2 is 2.04 bits per heavy atom. The van der Waals surface area contributed by atoms with Crippen LogP contribution in [-0.4, -0.2) is 49.4 Å². The fourth-order valence-corrected chi connectivity index (χ4v) is 2.86. The van der Waals surface area contributed by atoms with Gasteiger partial charge in [-0.3, -0.25) is 4.79 Å². The maximum atomic E-state index is 12.1. The third-order valence-corrected chi connectivity index (χ3v) is 4.19. The first-order valence-corrected chi connectivity index (χ1v) is 8.45. The Kier molecular flexibility index (Phi) is 5.42. The number of piperidine rings is 1. The molecule has 0 bridgehead atoms. The molecular weight excluding hydrogens is 324 g/mol. The summed E-state index contributed by atoms with van der Waals surface area (Å²) < 4.78 is 15.6. The van der Waals surface area contributed by atoms with Crippen molar-refractivity contribution in [3.05, 3.63) is 29.8 Å². The average molecular weight is 346 g/mol. The fourth-order valence-electron chi connectivity index (χ4n) is 2.86. The Hall–Kier alpha value is -2.70. The molecule has 7 nitrogen and oxygen atoms in total. The number of hydrogen-bond acceptors (Lipinski definition) is 5. The molecule has 2 heterocycles. The Labute approximate surface area is 146 Å². The largest absolute Gasteiger partial charge is 0.454 e. The van der Waals surface area contributed by atoms with E-state index in [4.69, 9.17) is 14.2 Å². The van der Waals surface area contributed by atoms with E-state index >= 15 is 0 Å². The minimum atomic E-state index is -0.282. The van der Waals surface area contributed by atoms with Gasteiger partial charge in [-0.2, -0.15) is 0 Å². The molecule has 3 rings (SSSR count). The van der Waals surface area contributed by atoms with E-state index < -0.39 is 0 Å². The van der Waals surface area contributed by atoms with Crippen LogP contribution in [0, 0.1) is 0 Å². The van der Waals surface area contributed by atoms with E-state index in [2.05, 4.69) is 5.32 Å². The van der Waals surface area contributed by atoms with E-state index in [1.165, 1.54) is 6.08 Å². The minimum Gasteiger partial charge on any atom is -0.454 e. The standard InChI is InChI=1S/C18H22N2O5/c1-2-23-18(22)20-9-7-14(8-10-20)19-17(21)6-4-13-3-5-15-16(11-13)25-12-24-15/h3-6,11,14H,2,7-10,12H2,1H3,(H,19,21)/b6-4+. The number of likely N-dealkylation sites (tertiary alicyclic amines) is 1. The highest BCUT2D eigenvalue weighted by Crippen LogP contribution is 2.32. The first kappa shape index (κ1) is 17.1. The van der Waals surface area contributed by atoms with Crippen LogP contribution >= 0.6 is 0 Å². The van der Waals surface area contributed by atoms with Crippen molar-refractivity contribution in [3.63, 3.8) is 0 Å². The molecular formula is C18H22N2O5. The van der Waals surface area contributed by atoms with Crippen molar-refractivity contribution in [2.75, 3.05) is 26.5 Å². The SMILES string of the molecule is CCOC(=O)N1CCC(NC(=O)/C=C/c2ccc3c(c2)OCO3)CC1. The van der Waals surface area contributed by atoms with E-state index in [0.717, 1.165) is 24.2 Å². The zero-order valence-electron chi connectivity index (χ0n) is 14.2. The second-order valence-corrected chi connectivity index (χ2v) is 5.91. The molecule has 0 aliphatic carbocycles. The van der Waals surface area contributed by atoms with Crippen LogP contribution in [0.25, 0.3) is 6.08 Å². The second-order valence-electron chi connectivity index (χ2n) is 5.91. The zero-order chi connectivity index (χ0) is 17.6. The predicted molar refractivity (Wildman–Crippen MR) is 91.4 cm³/mol. The van der Waals surface area contributed by atoms with Gasteiger partial charge in [0.05, 0.1) is 6.61 Å². The number of carbonyl (C=O) groups excluding carboxylic acids is 2. The third-order valence-electron chi connectivity index (χ3n) is 4.19. The lowest BCUT2D eigenvalue weighted by molar-refractivity contribution is -0.117. The van der Waals surface area contributed by atoms with Gasteiger partial charge in [-0.25, -0.2) is 4.79 Å². The maximum Gasteiger partial charge on any atom is 0.409 e. The normalized spacial score (nSPS) is 16.9. The number of hydrogen-bond donors (Lipinski definition) is 1. The van der Waals surface area contributed by atoms with Crippen LogP contribution in [0.15, 0.2) is 24.3 Å². The highest BCUT2D eigenvalue weighted by Gasteiger charge is 2.24. The molecule has 2 aliphatic rings. The summed E-state index contributed by atoms with van der Waals surface area (Å²) in [5.74, 6) is 1.26. The molecule has 1 fully saturated rings. The summed E-state index contributed by atoms with van der Waals surface area (Å²) in [5.41, 5.74) is 0.872. The van der Waals surface area contributed by atoms with E-state index in [1.54, 1.807) is 17.9 Å². The van der Waals surface area contributed by atoms with Crippen molar-refractivity contribution in [1.29, 1.82) is 0 Å². The van der Waals surface area contributed by atoms with Crippen molar-refractivity contribution >= 4 is 18.1 Å². The van der Waals surface area contributed by atoms with Gasteiger partial charge in [-0.15, -0.1) is 0 Å². The number of fused-ring (bicyclic) bond motifs is 1. The van der Waals surface area contributed by atoms with Crippen LogP contribution in [0.1, 0.15) is 25.3 Å². The Balaban J connectivity index is 1.46. The van der Waals surface area contributed by atoms with Gasteiger partial charge in [-0.1, -0.05) is 6.07 Å². The summed E-state index contributed by atoms with van der Waals surface area (Å²) in [6.07, 6.45) is 4.42. The number of carbonyl (C=O) groups is 2. The second kappa shape index (κ2) is 7.92. The summed E-state index contributed by atoms with van der Waals surface area (Å²) in [6.45, 7) is 3.58. The molecule has 1 saturated heterocycles. The van der Waals surface area contributed by atoms with Gasteiger partial charge in [-0.05, 0) is 43.5 Å². The van der Waals surface area contributed by atoms with Crippen molar-refractivity contribution in [3.8, 4) is 11.5 Å². The number of rotatable bonds is 4. The Morgan fingerprint density at radius 1 is 1.28 bits per heavy atom. The number of ether oxygens (including phenoxy) is 3. The molecule has 7 heteroatoms. The molecule has 0 unspecified atom stereocenters. The first-order chi connectivity index (χ1) is 12.2. The minimum absolute atomic E-state index is 0.0691. The monoisotopic (exact) mass is 346 g/mol. The van der Waals surface area contributed by atoms with Crippen LogP contribution in [0.2, 0.25) is 0 Å². The van der Waals surface area contributed by atoms with Crippen LogP contribution in [0.5, 0.6) is 11.5 Å². The molecule has 0 saturated carbocycles. The molecule has 0 aromatic heterocycles. The molecule has 134 valence electrons. The molecule has 25 heavy (non-hydrogen) atoms. The van der Waals surface area contributed by atoms with Crippen molar-refractivity contribution in [2.24, 2.45) is 0 Å². The summed E-state index contributed by atoms with van der Waals surface area (Å²) in [5, 5.41) is 2.97. The van der Waals surface area contributed by atoms with Gasteiger partial charge < -0.3 is 24.4 Å². The highest BCUT2D eigenvalue weighted by molar-refractivity contribution is 5.92. The van der Waals surface area contributed by atoms with Crippen molar-refractivity contribution < 1.29 is 23.8 Å². The lowest BCUT2D eigenvalue weighted by Crippen LogP contribution is -2.46. The molecule has 0 radical (unpaired) electrons. The Morgan fingerprint density at radius 3 is 2.80 bits per heavy atom.